The molecule has 178 valence electrons. The van der Waals surface area contributed by atoms with Gasteiger partial charge in [-0.1, -0.05) is 54.6 Å². The van der Waals surface area contributed by atoms with Crippen LogP contribution < -0.4 is 5.32 Å². The highest BCUT2D eigenvalue weighted by Crippen LogP contribution is 2.44. The number of nitrogens with one attached hydrogen (secondary N) is 1. The minimum absolute atomic E-state index is 0.00636. The van der Waals surface area contributed by atoms with E-state index in [1.165, 1.54) is 11.1 Å². The molecular formula is C27H30N2O5. The smallest absolute Gasteiger partial charge is 0.407 e. The molecule has 1 aliphatic heterocycles. The van der Waals surface area contributed by atoms with Crippen LogP contribution in [0.5, 0.6) is 0 Å². The zero-order valence-electron chi connectivity index (χ0n) is 19.3. The Hall–Kier alpha value is -3.61. The van der Waals surface area contributed by atoms with Crippen molar-refractivity contribution < 1.29 is 24.2 Å². The molecule has 0 unspecified atom stereocenters. The molecule has 0 saturated carbocycles. The molecule has 0 atom stereocenters. The number of carbonyl (C=O) groups excluding carboxylic acids is 2. The number of aliphatic carboxylic acids is 1. The van der Waals surface area contributed by atoms with Gasteiger partial charge in [-0.3, -0.25) is 9.59 Å². The Balaban J connectivity index is 1.21. The molecule has 0 bridgehead atoms. The maximum absolute atomic E-state index is 12.5. The molecule has 7 nitrogen and oxygen atoms in total. The average molecular weight is 463 g/mol. The van der Waals surface area contributed by atoms with Crippen molar-refractivity contribution in [2.24, 2.45) is 5.92 Å². The number of hydrogen-bond donors (Lipinski definition) is 2. The number of nitrogens with zero attached hydrogens (tertiary/aromatic N) is 1. The molecule has 1 fully saturated rings. The SMILES string of the molecule is C/C(=C\CNC(=O)OCC1c2ccccc2-c2ccccc21)C(=O)N1CC(CCCC(=O)O)C1. The van der Waals surface area contributed by atoms with Crippen molar-refractivity contribution in [3.63, 3.8) is 0 Å². The van der Waals surface area contributed by atoms with Gasteiger partial charge in [-0.25, -0.2) is 4.79 Å². The van der Waals surface area contributed by atoms with Crippen LogP contribution in [-0.4, -0.2) is 54.2 Å². The second kappa shape index (κ2) is 10.5. The van der Waals surface area contributed by atoms with E-state index >= 15 is 0 Å². The Morgan fingerprint density at radius 3 is 2.29 bits per heavy atom. The summed E-state index contributed by atoms with van der Waals surface area (Å²) in [4.78, 5) is 37.1. The van der Waals surface area contributed by atoms with E-state index in [1.807, 2.05) is 24.3 Å². The second-order valence-electron chi connectivity index (χ2n) is 8.96. The number of benzene rings is 2. The summed E-state index contributed by atoms with van der Waals surface area (Å²) in [7, 11) is 0. The third-order valence-electron chi connectivity index (χ3n) is 6.58. The van der Waals surface area contributed by atoms with E-state index in [0.717, 1.165) is 17.5 Å². The lowest BCUT2D eigenvalue weighted by molar-refractivity contribution is -0.138. The van der Waals surface area contributed by atoms with Crippen LogP contribution in [0.3, 0.4) is 0 Å². The van der Waals surface area contributed by atoms with Gasteiger partial charge in [-0.15, -0.1) is 0 Å². The third kappa shape index (κ3) is 5.30. The van der Waals surface area contributed by atoms with Gasteiger partial charge in [0.25, 0.3) is 0 Å². The number of fused-ring (bicyclic) bond motifs is 3. The summed E-state index contributed by atoms with van der Waals surface area (Å²) in [6.45, 7) is 3.51. The topological polar surface area (TPSA) is 95.9 Å². The van der Waals surface area contributed by atoms with Crippen molar-refractivity contribution >= 4 is 18.0 Å². The zero-order valence-corrected chi connectivity index (χ0v) is 19.3. The van der Waals surface area contributed by atoms with Gasteiger partial charge in [0, 0.05) is 37.5 Å². The molecule has 4 rings (SSSR count). The Labute approximate surface area is 199 Å². The van der Waals surface area contributed by atoms with Crippen LogP contribution in [0.2, 0.25) is 0 Å². The highest BCUT2D eigenvalue weighted by Gasteiger charge is 2.31. The highest BCUT2D eigenvalue weighted by atomic mass is 16.5. The van der Waals surface area contributed by atoms with Crippen molar-refractivity contribution in [3.05, 3.63) is 71.3 Å². The first-order valence-electron chi connectivity index (χ1n) is 11.7. The molecule has 2 amide bonds. The Bertz CT molecular complexity index is 1060. The van der Waals surface area contributed by atoms with Gasteiger partial charge in [0.15, 0.2) is 0 Å². The van der Waals surface area contributed by atoms with E-state index < -0.39 is 12.1 Å². The van der Waals surface area contributed by atoms with E-state index in [9.17, 15) is 14.4 Å². The van der Waals surface area contributed by atoms with E-state index in [2.05, 4.69) is 29.6 Å². The first kappa shape index (κ1) is 23.5. The molecule has 7 heteroatoms. The van der Waals surface area contributed by atoms with E-state index in [1.54, 1.807) is 17.9 Å². The van der Waals surface area contributed by atoms with Crippen molar-refractivity contribution in [3.8, 4) is 11.1 Å². The summed E-state index contributed by atoms with van der Waals surface area (Å²) in [6, 6.07) is 16.4. The fourth-order valence-corrected chi connectivity index (χ4v) is 4.73. The number of rotatable bonds is 9. The van der Waals surface area contributed by atoms with Crippen LogP contribution >= 0.6 is 0 Å². The summed E-state index contributed by atoms with van der Waals surface area (Å²) in [5.74, 6) is -0.458. The Kier molecular flexibility index (Phi) is 7.30. The number of carbonyl (C=O) groups is 3. The average Bonchev–Trinajstić information content (AvgIpc) is 3.12. The lowest BCUT2D eigenvalue weighted by Gasteiger charge is -2.39. The Morgan fingerprint density at radius 2 is 1.68 bits per heavy atom. The molecule has 2 aromatic carbocycles. The van der Waals surface area contributed by atoms with Crippen LogP contribution in [0.1, 0.15) is 43.2 Å². The molecule has 2 aliphatic rings. The summed E-state index contributed by atoms with van der Waals surface area (Å²) in [6.07, 6.45) is 2.82. The fourth-order valence-electron chi connectivity index (χ4n) is 4.73. The van der Waals surface area contributed by atoms with E-state index in [-0.39, 0.29) is 31.4 Å². The van der Waals surface area contributed by atoms with Crippen molar-refractivity contribution in [1.82, 2.24) is 10.2 Å². The van der Waals surface area contributed by atoms with Crippen LogP contribution in [-0.2, 0) is 14.3 Å². The number of carboxylic acid groups (broad SMARTS) is 1. The minimum atomic E-state index is -0.782. The van der Waals surface area contributed by atoms with Gasteiger partial charge in [0.2, 0.25) is 5.91 Å². The first-order valence-corrected chi connectivity index (χ1v) is 11.7. The molecular weight excluding hydrogens is 432 g/mol. The van der Waals surface area contributed by atoms with Gasteiger partial charge in [0.05, 0.1) is 0 Å². The number of likely N-dealkylation sites (tertiary alicyclic amines) is 1. The molecule has 1 saturated heterocycles. The molecule has 0 radical (unpaired) electrons. The van der Waals surface area contributed by atoms with Gasteiger partial charge in [-0.2, -0.15) is 0 Å². The molecule has 34 heavy (non-hydrogen) atoms. The summed E-state index contributed by atoms with van der Waals surface area (Å²) >= 11 is 0. The van der Waals surface area contributed by atoms with Crippen LogP contribution in [0.15, 0.2) is 60.2 Å². The summed E-state index contributed by atoms with van der Waals surface area (Å²) < 4.78 is 5.51. The summed E-state index contributed by atoms with van der Waals surface area (Å²) in [5.41, 5.74) is 5.25. The van der Waals surface area contributed by atoms with Crippen LogP contribution in [0.25, 0.3) is 11.1 Å². The molecule has 2 aromatic rings. The molecule has 1 aliphatic carbocycles. The standard InChI is InChI=1S/C27H30N2O5/c1-18(26(32)29-15-19(16-29)7-6-12-25(30)31)13-14-28-27(33)34-17-24-22-10-4-2-8-20(22)21-9-3-5-11-23(21)24/h2-5,8-11,13,19,24H,6-7,12,14-17H2,1H3,(H,28,33)(H,30,31)/b18-13+. The quantitative estimate of drug-likeness (QED) is 0.545. The fraction of sp³-hybridized carbons (Fsp3) is 0.370. The van der Waals surface area contributed by atoms with Gasteiger partial charge >= 0.3 is 12.1 Å². The number of alkyl carbamates (subject to hydrolysis) is 1. The van der Waals surface area contributed by atoms with Gasteiger partial charge in [0.1, 0.15) is 6.61 Å². The lowest BCUT2D eigenvalue weighted by Crippen LogP contribution is -2.50. The Morgan fingerprint density at radius 1 is 1.06 bits per heavy atom. The maximum Gasteiger partial charge on any atom is 0.407 e. The largest absolute Gasteiger partial charge is 0.481 e. The lowest BCUT2D eigenvalue weighted by atomic mass is 9.93. The van der Waals surface area contributed by atoms with Gasteiger partial charge < -0.3 is 20.1 Å². The number of hydrogen-bond acceptors (Lipinski definition) is 4. The predicted molar refractivity (Wildman–Crippen MR) is 128 cm³/mol. The first-order chi connectivity index (χ1) is 16.4. The van der Waals surface area contributed by atoms with Crippen LogP contribution in [0, 0.1) is 5.92 Å². The van der Waals surface area contributed by atoms with Crippen molar-refractivity contribution in [1.29, 1.82) is 0 Å². The molecule has 0 spiro atoms. The monoisotopic (exact) mass is 462 g/mol. The number of carboxylic acids is 1. The minimum Gasteiger partial charge on any atom is -0.481 e. The number of ether oxygens (including phenoxy) is 1. The van der Waals surface area contributed by atoms with Crippen LogP contribution in [0.4, 0.5) is 4.79 Å². The predicted octanol–water partition coefficient (Wildman–Crippen LogP) is 4.18. The zero-order chi connectivity index (χ0) is 24.1. The third-order valence-corrected chi connectivity index (χ3v) is 6.58. The summed E-state index contributed by atoms with van der Waals surface area (Å²) in [5, 5.41) is 11.4. The molecule has 1 heterocycles. The van der Waals surface area contributed by atoms with Crippen molar-refractivity contribution in [2.75, 3.05) is 26.2 Å². The van der Waals surface area contributed by atoms with Crippen molar-refractivity contribution in [2.45, 2.75) is 32.1 Å². The van der Waals surface area contributed by atoms with E-state index in [4.69, 9.17) is 9.84 Å². The highest BCUT2D eigenvalue weighted by molar-refractivity contribution is 5.93. The molecule has 2 N–H and O–H groups in total. The normalized spacial score (nSPS) is 15.3. The van der Waals surface area contributed by atoms with Gasteiger partial charge in [-0.05, 0) is 47.9 Å². The van der Waals surface area contributed by atoms with E-state index in [0.29, 0.717) is 31.0 Å². The molecule has 0 aromatic heterocycles. The second-order valence-corrected chi connectivity index (χ2v) is 8.96. The maximum atomic E-state index is 12.5. The number of amides is 2.